The summed E-state index contributed by atoms with van der Waals surface area (Å²) in [6.45, 7) is 0.466. The van der Waals surface area contributed by atoms with Gasteiger partial charge in [0.25, 0.3) is 0 Å². The number of nitrogens with zero attached hydrogens (tertiary/aromatic N) is 2. The van der Waals surface area contributed by atoms with Crippen molar-refractivity contribution >= 4 is 44.8 Å². The van der Waals surface area contributed by atoms with Gasteiger partial charge in [-0.3, -0.25) is 4.21 Å². The van der Waals surface area contributed by atoms with Gasteiger partial charge >= 0.3 is 0 Å². The highest BCUT2D eigenvalue weighted by atomic mass is 35.5. The highest BCUT2D eigenvalue weighted by Gasteiger charge is 2.22. The molecule has 158 valence electrons. The minimum atomic E-state index is -1.40. The van der Waals surface area contributed by atoms with Gasteiger partial charge in [0.15, 0.2) is 0 Å². The number of hydrogen-bond acceptors (Lipinski definition) is 3. The van der Waals surface area contributed by atoms with Crippen LogP contribution >= 0.6 is 23.2 Å². The van der Waals surface area contributed by atoms with Gasteiger partial charge in [-0.15, -0.1) is 0 Å². The van der Waals surface area contributed by atoms with Crippen LogP contribution in [0.25, 0.3) is 0 Å². The maximum atomic E-state index is 13.5. The molecule has 0 saturated heterocycles. The molecule has 0 fully saturated rings. The normalized spacial score (nSPS) is 14.1. The van der Waals surface area contributed by atoms with Crippen LogP contribution < -0.4 is 0 Å². The van der Waals surface area contributed by atoms with Crippen LogP contribution in [0.15, 0.2) is 106 Å². The van der Waals surface area contributed by atoms with Gasteiger partial charge in [0.1, 0.15) is 0 Å². The Morgan fingerprint density at radius 2 is 1.52 bits per heavy atom. The van der Waals surface area contributed by atoms with Crippen LogP contribution in [-0.4, -0.2) is 18.0 Å². The topological polar surface area (TPSA) is 52.0 Å². The SMILES string of the molecule is O=S(c1ccccc1)c1ccc(C(Cn2ccnc2)S(=O)c2ccc(Cl)c(Cl)c2)cc1. The van der Waals surface area contributed by atoms with Crippen LogP contribution in [0.2, 0.25) is 10.0 Å². The van der Waals surface area contributed by atoms with Gasteiger partial charge in [-0.05, 0) is 48.0 Å². The van der Waals surface area contributed by atoms with Gasteiger partial charge in [0.2, 0.25) is 0 Å². The summed E-state index contributed by atoms with van der Waals surface area (Å²) in [7, 11) is -2.67. The van der Waals surface area contributed by atoms with E-state index >= 15 is 0 Å². The Balaban J connectivity index is 1.65. The lowest BCUT2D eigenvalue weighted by Gasteiger charge is -2.18. The zero-order chi connectivity index (χ0) is 21.8. The molecule has 0 N–H and O–H groups in total. The molecule has 0 saturated carbocycles. The first-order chi connectivity index (χ1) is 15.0. The summed E-state index contributed by atoms with van der Waals surface area (Å²) in [6.07, 6.45) is 5.21. The highest BCUT2D eigenvalue weighted by molar-refractivity contribution is 7.85. The highest BCUT2D eigenvalue weighted by Crippen LogP contribution is 2.31. The predicted octanol–water partition coefficient (Wildman–Crippen LogP) is 5.91. The molecule has 31 heavy (non-hydrogen) atoms. The van der Waals surface area contributed by atoms with Crippen LogP contribution in [0.5, 0.6) is 0 Å². The molecule has 0 spiro atoms. The second kappa shape index (κ2) is 9.92. The van der Waals surface area contributed by atoms with Gasteiger partial charge in [0.05, 0.1) is 43.2 Å². The van der Waals surface area contributed by atoms with E-state index in [0.717, 1.165) is 10.5 Å². The Labute approximate surface area is 195 Å². The number of halogens is 2. The van der Waals surface area contributed by atoms with E-state index in [1.807, 2.05) is 65.4 Å². The lowest BCUT2D eigenvalue weighted by Crippen LogP contribution is -2.14. The maximum absolute atomic E-state index is 13.5. The van der Waals surface area contributed by atoms with Crippen molar-refractivity contribution in [3.05, 3.63) is 107 Å². The Kier molecular flexibility index (Phi) is 7.02. The number of hydrogen-bond donors (Lipinski definition) is 0. The maximum Gasteiger partial charge on any atom is 0.0946 e. The molecule has 0 radical (unpaired) electrons. The van der Waals surface area contributed by atoms with Gasteiger partial charge < -0.3 is 4.57 Å². The fourth-order valence-electron chi connectivity index (χ4n) is 3.14. The molecule has 1 heterocycles. The summed E-state index contributed by atoms with van der Waals surface area (Å²) in [6, 6.07) is 21.7. The number of rotatable bonds is 7. The third kappa shape index (κ3) is 5.15. The fourth-order valence-corrected chi connectivity index (χ4v) is 6.03. The van der Waals surface area contributed by atoms with E-state index in [2.05, 4.69) is 4.98 Å². The molecule has 8 heteroatoms. The monoisotopic (exact) mass is 488 g/mol. The number of imidazole rings is 1. The molecule has 0 aliphatic rings. The predicted molar refractivity (Wildman–Crippen MR) is 125 cm³/mol. The summed E-state index contributed by atoms with van der Waals surface area (Å²) in [5.74, 6) is 0. The number of aromatic nitrogens is 2. The van der Waals surface area contributed by atoms with Crippen LogP contribution in [0.4, 0.5) is 0 Å². The molecular weight excluding hydrogens is 471 g/mol. The van der Waals surface area contributed by atoms with E-state index in [9.17, 15) is 8.42 Å². The third-order valence-corrected chi connectivity index (χ3v) is 8.54. The first-order valence-electron chi connectivity index (χ1n) is 9.41. The summed E-state index contributed by atoms with van der Waals surface area (Å²) in [4.78, 5) is 6.11. The van der Waals surface area contributed by atoms with Crippen LogP contribution in [0, 0.1) is 0 Å². The van der Waals surface area contributed by atoms with Crippen molar-refractivity contribution in [1.29, 1.82) is 0 Å². The van der Waals surface area contributed by atoms with Crippen molar-refractivity contribution < 1.29 is 8.42 Å². The Morgan fingerprint density at radius 1 is 0.839 bits per heavy atom. The van der Waals surface area contributed by atoms with E-state index in [4.69, 9.17) is 23.2 Å². The van der Waals surface area contributed by atoms with Crippen molar-refractivity contribution in [3.63, 3.8) is 0 Å². The molecule has 0 bridgehead atoms. The lowest BCUT2D eigenvalue weighted by molar-refractivity contribution is 0.634. The minimum absolute atomic E-state index is 0.356. The van der Waals surface area contributed by atoms with Crippen molar-refractivity contribution in [3.8, 4) is 0 Å². The summed E-state index contributed by atoms with van der Waals surface area (Å²) < 4.78 is 28.2. The van der Waals surface area contributed by atoms with Crippen molar-refractivity contribution in [2.24, 2.45) is 0 Å². The smallest absolute Gasteiger partial charge is 0.0946 e. The quantitative estimate of drug-likeness (QED) is 0.325. The second-order valence-corrected chi connectivity index (χ2v) is 10.7. The van der Waals surface area contributed by atoms with Crippen molar-refractivity contribution in [2.45, 2.75) is 26.5 Å². The van der Waals surface area contributed by atoms with Crippen molar-refractivity contribution in [1.82, 2.24) is 9.55 Å². The first kappa shape index (κ1) is 22.0. The zero-order valence-electron chi connectivity index (χ0n) is 16.2. The molecule has 4 rings (SSSR count). The Hall–Kier alpha value is -2.25. The minimum Gasteiger partial charge on any atom is -0.336 e. The summed E-state index contributed by atoms with van der Waals surface area (Å²) >= 11 is 12.2. The molecule has 3 unspecified atom stereocenters. The summed E-state index contributed by atoms with van der Waals surface area (Å²) in [5.41, 5.74) is 0.868. The average molecular weight is 489 g/mol. The fraction of sp³-hybridized carbons (Fsp3) is 0.0870. The van der Waals surface area contributed by atoms with Crippen LogP contribution in [-0.2, 0) is 28.1 Å². The van der Waals surface area contributed by atoms with E-state index in [0.29, 0.717) is 26.4 Å². The second-order valence-electron chi connectivity index (χ2n) is 6.77. The molecular formula is C23H18Cl2N2O2S2. The largest absolute Gasteiger partial charge is 0.336 e. The molecule has 3 atom stereocenters. The zero-order valence-corrected chi connectivity index (χ0v) is 19.4. The lowest BCUT2D eigenvalue weighted by atomic mass is 10.1. The number of benzene rings is 3. The van der Waals surface area contributed by atoms with Gasteiger partial charge in [-0.25, -0.2) is 9.19 Å². The molecule has 4 nitrogen and oxygen atoms in total. The van der Waals surface area contributed by atoms with E-state index in [1.54, 1.807) is 30.7 Å². The van der Waals surface area contributed by atoms with Crippen molar-refractivity contribution in [2.75, 3.05) is 0 Å². The third-order valence-electron chi connectivity index (χ3n) is 4.74. The first-order valence-corrected chi connectivity index (χ1v) is 12.5. The molecule has 0 amide bonds. The molecule has 3 aromatic carbocycles. The van der Waals surface area contributed by atoms with E-state index in [1.165, 1.54) is 0 Å². The van der Waals surface area contributed by atoms with E-state index < -0.39 is 21.6 Å². The van der Waals surface area contributed by atoms with Gasteiger partial charge in [0, 0.05) is 33.6 Å². The van der Waals surface area contributed by atoms with Gasteiger partial charge in [-0.2, -0.15) is 0 Å². The van der Waals surface area contributed by atoms with Crippen LogP contribution in [0.3, 0.4) is 0 Å². The molecule has 4 aromatic rings. The molecule has 1 aromatic heterocycles. The van der Waals surface area contributed by atoms with Crippen LogP contribution in [0.1, 0.15) is 10.8 Å². The average Bonchev–Trinajstić information content (AvgIpc) is 3.32. The van der Waals surface area contributed by atoms with Gasteiger partial charge in [-0.1, -0.05) is 53.5 Å². The standard InChI is InChI=1S/C23H18Cl2N2O2S2/c24-21-11-10-20(14-22(21)25)31(29)23(15-27-13-12-26-16-27)17-6-8-19(9-7-17)30(28)18-4-2-1-3-5-18/h1-14,16,23H,15H2. The summed E-state index contributed by atoms with van der Waals surface area (Å²) in [5, 5.41) is 0.425. The van der Waals surface area contributed by atoms with E-state index in [-0.39, 0.29) is 5.25 Å². The molecule has 0 aliphatic carbocycles. The molecule has 0 aliphatic heterocycles. The Morgan fingerprint density at radius 3 is 2.16 bits per heavy atom. The Bertz CT molecular complexity index is 1210.